The molecule has 2 N–H and O–H groups in total. The number of hydrogen-bond donors (Lipinski definition) is 1. The van der Waals surface area contributed by atoms with E-state index in [0.717, 1.165) is 25.2 Å². The first kappa shape index (κ1) is 14.7. The van der Waals surface area contributed by atoms with Crippen molar-refractivity contribution in [3.05, 3.63) is 28.3 Å². The molecule has 1 fully saturated rings. The number of sulfone groups is 1. The van der Waals surface area contributed by atoms with Crippen LogP contribution in [0.1, 0.15) is 12.8 Å². The van der Waals surface area contributed by atoms with Crippen molar-refractivity contribution >= 4 is 21.2 Å². The smallest absolute Gasteiger partial charge is 0.293 e. The van der Waals surface area contributed by atoms with Gasteiger partial charge >= 0.3 is 0 Å². The molecule has 0 radical (unpaired) electrons. The zero-order valence-electron chi connectivity index (χ0n) is 11.2. The third-order valence-electron chi connectivity index (χ3n) is 3.53. The van der Waals surface area contributed by atoms with E-state index >= 15 is 0 Å². The quantitative estimate of drug-likeness (QED) is 0.654. The molecule has 1 aromatic rings. The lowest BCUT2D eigenvalue weighted by Gasteiger charge is -2.25. The van der Waals surface area contributed by atoms with Crippen molar-refractivity contribution in [3.8, 4) is 0 Å². The molecule has 1 unspecified atom stereocenters. The van der Waals surface area contributed by atoms with Gasteiger partial charge in [0.2, 0.25) is 0 Å². The number of anilines is 1. The Bertz CT molecular complexity index is 630. The predicted octanol–water partition coefficient (Wildman–Crippen LogP) is 0.926. The fourth-order valence-electron chi connectivity index (χ4n) is 2.52. The van der Waals surface area contributed by atoms with Gasteiger partial charge in [-0.15, -0.1) is 0 Å². The minimum Gasteiger partial charge on any atom is -0.362 e. The Morgan fingerprint density at radius 3 is 2.75 bits per heavy atom. The monoisotopic (exact) mass is 299 g/mol. The average Bonchev–Trinajstić information content (AvgIpc) is 2.84. The highest BCUT2D eigenvalue weighted by atomic mass is 32.2. The maximum absolute atomic E-state index is 11.5. The Hall–Kier alpha value is -1.67. The summed E-state index contributed by atoms with van der Waals surface area (Å²) in [4.78, 5) is 12.5. The van der Waals surface area contributed by atoms with Gasteiger partial charge in [0.25, 0.3) is 5.69 Å². The fraction of sp³-hybridized carbons (Fsp3) is 0.500. The number of rotatable bonds is 4. The van der Waals surface area contributed by atoms with E-state index < -0.39 is 14.8 Å². The van der Waals surface area contributed by atoms with Crippen LogP contribution in [0.15, 0.2) is 23.1 Å². The number of nitro benzene ring substituents is 1. The Morgan fingerprint density at radius 1 is 1.50 bits per heavy atom. The first-order valence-electron chi connectivity index (χ1n) is 6.30. The molecule has 0 aromatic heterocycles. The minimum atomic E-state index is -3.47. The van der Waals surface area contributed by atoms with Gasteiger partial charge in [0.1, 0.15) is 5.69 Å². The van der Waals surface area contributed by atoms with Crippen molar-refractivity contribution in [1.29, 1.82) is 0 Å². The van der Waals surface area contributed by atoms with E-state index in [1.165, 1.54) is 12.1 Å². The second-order valence-electron chi connectivity index (χ2n) is 4.90. The van der Waals surface area contributed by atoms with E-state index in [4.69, 9.17) is 5.73 Å². The molecule has 0 spiro atoms. The molecule has 1 saturated heterocycles. The van der Waals surface area contributed by atoms with Crippen LogP contribution in [0.5, 0.6) is 0 Å². The second kappa shape index (κ2) is 5.37. The van der Waals surface area contributed by atoms with Crippen molar-refractivity contribution in [2.24, 2.45) is 5.73 Å². The lowest BCUT2D eigenvalue weighted by atomic mass is 10.2. The lowest BCUT2D eigenvalue weighted by Crippen LogP contribution is -2.35. The molecule has 110 valence electrons. The molecular weight excluding hydrogens is 282 g/mol. The van der Waals surface area contributed by atoms with E-state index in [-0.39, 0.29) is 16.6 Å². The molecule has 20 heavy (non-hydrogen) atoms. The van der Waals surface area contributed by atoms with Gasteiger partial charge in [-0.3, -0.25) is 10.1 Å². The van der Waals surface area contributed by atoms with Crippen LogP contribution in [-0.4, -0.2) is 38.7 Å². The molecule has 1 heterocycles. The average molecular weight is 299 g/mol. The molecule has 1 aliphatic heterocycles. The zero-order valence-corrected chi connectivity index (χ0v) is 12.0. The lowest BCUT2D eigenvalue weighted by molar-refractivity contribution is -0.384. The maximum atomic E-state index is 11.5. The normalized spacial score (nSPS) is 19.3. The largest absolute Gasteiger partial charge is 0.362 e. The van der Waals surface area contributed by atoms with E-state index in [9.17, 15) is 18.5 Å². The van der Waals surface area contributed by atoms with E-state index in [1.807, 2.05) is 4.90 Å². The Morgan fingerprint density at radius 2 is 2.20 bits per heavy atom. The van der Waals surface area contributed by atoms with Gasteiger partial charge in [-0.25, -0.2) is 8.42 Å². The van der Waals surface area contributed by atoms with Gasteiger partial charge in [0.15, 0.2) is 9.84 Å². The van der Waals surface area contributed by atoms with Crippen molar-refractivity contribution in [3.63, 3.8) is 0 Å². The zero-order chi connectivity index (χ0) is 14.9. The summed E-state index contributed by atoms with van der Waals surface area (Å²) in [5, 5.41) is 11.2. The number of hydrogen-bond acceptors (Lipinski definition) is 6. The Labute approximate surface area is 117 Å². The summed E-state index contributed by atoms with van der Waals surface area (Å²) in [5.41, 5.74) is 5.93. The molecule has 7 nitrogen and oxygen atoms in total. The van der Waals surface area contributed by atoms with Crippen LogP contribution in [0.4, 0.5) is 11.4 Å². The topological polar surface area (TPSA) is 107 Å². The molecule has 0 aliphatic carbocycles. The van der Waals surface area contributed by atoms with E-state index in [1.54, 1.807) is 0 Å². The molecule has 0 bridgehead atoms. The molecule has 0 amide bonds. The first-order valence-corrected chi connectivity index (χ1v) is 8.19. The van der Waals surface area contributed by atoms with Crippen LogP contribution in [0.25, 0.3) is 0 Å². The molecule has 1 aliphatic rings. The van der Waals surface area contributed by atoms with E-state index in [2.05, 4.69) is 0 Å². The summed E-state index contributed by atoms with van der Waals surface area (Å²) in [5.74, 6) is 0. The summed E-state index contributed by atoms with van der Waals surface area (Å²) in [6, 6.07) is 4.10. The van der Waals surface area contributed by atoms with Crippen LogP contribution in [0.2, 0.25) is 0 Å². The third kappa shape index (κ3) is 2.75. The van der Waals surface area contributed by atoms with Crippen LogP contribution in [-0.2, 0) is 9.84 Å². The highest BCUT2D eigenvalue weighted by Gasteiger charge is 2.29. The third-order valence-corrected chi connectivity index (χ3v) is 4.64. The fourth-order valence-corrected chi connectivity index (χ4v) is 3.16. The molecule has 8 heteroatoms. The molecule has 1 aromatic carbocycles. The van der Waals surface area contributed by atoms with Gasteiger partial charge in [0, 0.05) is 31.5 Å². The van der Waals surface area contributed by atoms with Crippen molar-refractivity contribution in [2.75, 3.05) is 24.2 Å². The second-order valence-corrected chi connectivity index (χ2v) is 6.92. The summed E-state index contributed by atoms with van der Waals surface area (Å²) >= 11 is 0. The molecule has 1 atom stereocenters. The van der Waals surface area contributed by atoms with Gasteiger partial charge in [-0.05, 0) is 25.0 Å². The molecular formula is C12H17N3O4S. The minimum absolute atomic E-state index is 0.0450. The SMILES string of the molecule is CS(=O)(=O)c1ccc(N2CCCC2CN)c([N+](=O)[O-])c1. The first-order chi connectivity index (χ1) is 9.34. The van der Waals surface area contributed by atoms with E-state index in [0.29, 0.717) is 18.8 Å². The van der Waals surface area contributed by atoms with Gasteiger partial charge in [-0.1, -0.05) is 0 Å². The summed E-state index contributed by atoms with van der Waals surface area (Å²) in [6.45, 7) is 1.12. The van der Waals surface area contributed by atoms with Crippen molar-refractivity contribution in [1.82, 2.24) is 0 Å². The van der Waals surface area contributed by atoms with Crippen LogP contribution >= 0.6 is 0 Å². The van der Waals surface area contributed by atoms with Gasteiger partial charge in [-0.2, -0.15) is 0 Å². The summed E-state index contributed by atoms with van der Waals surface area (Å²) < 4.78 is 23.0. The summed E-state index contributed by atoms with van der Waals surface area (Å²) in [6.07, 6.45) is 2.85. The van der Waals surface area contributed by atoms with Crippen molar-refractivity contribution < 1.29 is 13.3 Å². The summed E-state index contributed by atoms with van der Waals surface area (Å²) in [7, 11) is -3.47. The molecule has 0 saturated carbocycles. The standard InChI is InChI=1S/C12H17N3O4S/c1-20(18,19)10-4-5-11(12(7-10)15(16)17)14-6-2-3-9(14)8-13/h4-5,7,9H,2-3,6,8,13H2,1H3. The highest BCUT2D eigenvalue weighted by molar-refractivity contribution is 7.90. The van der Waals surface area contributed by atoms with Crippen LogP contribution in [0.3, 0.4) is 0 Å². The highest BCUT2D eigenvalue weighted by Crippen LogP contribution is 2.34. The number of benzene rings is 1. The number of nitrogens with zero attached hydrogens (tertiary/aromatic N) is 2. The maximum Gasteiger partial charge on any atom is 0.293 e. The van der Waals surface area contributed by atoms with Gasteiger partial charge < -0.3 is 10.6 Å². The predicted molar refractivity (Wildman–Crippen MR) is 75.6 cm³/mol. The number of nitro groups is 1. The Balaban J connectivity index is 2.51. The van der Waals surface area contributed by atoms with Gasteiger partial charge in [0.05, 0.1) is 9.82 Å². The van der Waals surface area contributed by atoms with Crippen LogP contribution < -0.4 is 10.6 Å². The van der Waals surface area contributed by atoms with Crippen LogP contribution in [0, 0.1) is 10.1 Å². The number of nitrogens with two attached hydrogens (primary N) is 1. The van der Waals surface area contributed by atoms with Crippen molar-refractivity contribution in [2.45, 2.75) is 23.8 Å². The molecule has 2 rings (SSSR count). The Kier molecular flexibility index (Phi) is 3.96.